The van der Waals surface area contributed by atoms with Crippen LogP contribution in [0.4, 0.5) is 5.69 Å². The summed E-state index contributed by atoms with van der Waals surface area (Å²) in [4.78, 5) is 0. The SMILES string of the molecule is Clc1ccc(CNc2cc(Br)ccc2I)c(Br)c1. The number of halogens is 4. The van der Waals surface area contributed by atoms with Gasteiger partial charge in [0.15, 0.2) is 0 Å². The van der Waals surface area contributed by atoms with Gasteiger partial charge in [0, 0.05) is 29.8 Å². The fraction of sp³-hybridized carbons (Fsp3) is 0.0769. The molecule has 5 heteroatoms. The number of hydrogen-bond acceptors (Lipinski definition) is 1. The molecular formula is C13H9Br2ClIN. The standard InChI is InChI=1S/C13H9Br2ClIN/c14-9-2-4-12(17)13(5-9)18-7-8-1-3-10(16)6-11(8)15/h1-6,18H,7H2. The van der Waals surface area contributed by atoms with E-state index in [9.17, 15) is 0 Å². The molecule has 0 aromatic heterocycles. The largest absolute Gasteiger partial charge is 0.380 e. The van der Waals surface area contributed by atoms with E-state index in [4.69, 9.17) is 11.6 Å². The highest BCUT2D eigenvalue weighted by Crippen LogP contribution is 2.26. The number of hydrogen-bond donors (Lipinski definition) is 1. The lowest BCUT2D eigenvalue weighted by Crippen LogP contribution is -2.01. The van der Waals surface area contributed by atoms with Crippen molar-refractivity contribution in [3.63, 3.8) is 0 Å². The van der Waals surface area contributed by atoms with Gasteiger partial charge in [-0.1, -0.05) is 49.5 Å². The van der Waals surface area contributed by atoms with Crippen LogP contribution in [0.1, 0.15) is 5.56 Å². The summed E-state index contributed by atoms with van der Waals surface area (Å²) in [5.41, 5.74) is 2.29. The Hall–Kier alpha value is 0.220. The van der Waals surface area contributed by atoms with Gasteiger partial charge in [0.2, 0.25) is 0 Å². The van der Waals surface area contributed by atoms with Crippen molar-refractivity contribution < 1.29 is 0 Å². The van der Waals surface area contributed by atoms with Crippen molar-refractivity contribution in [3.8, 4) is 0 Å². The zero-order valence-electron chi connectivity index (χ0n) is 9.18. The molecule has 0 saturated carbocycles. The van der Waals surface area contributed by atoms with Crippen LogP contribution >= 0.6 is 66.1 Å². The Morgan fingerprint density at radius 3 is 2.61 bits per heavy atom. The lowest BCUT2D eigenvalue weighted by atomic mass is 10.2. The van der Waals surface area contributed by atoms with Gasteiger partial charge in [-0.05, 0) is 58.5 Å². The van der Waals surface area contributed by atoms with E-state index in [1.165, 1.54) is 9.13 Å². The summed E-state index contributed by atoms with van der Waals surface area (Å²) in [7, 11) is 0. The predicted octanol–water partition coefficient (Wildman–Crippen LogP) is 6.08. The molecule has 94 valence electrons. The van der Waals surface area contributed by atoms with Gasteiger partial charge < -0.3 is 5.32 Å². The van der Waals surface area contributed by atoms with E-state index in [0.717, 1.165) is 26.2 Å². The lowest BCUT2D eigenvalue weighted by molar-refractivity contribution is 1.13. The van der Waals surface area contributed by atoms with Crippen LogP contribution in [-0.4, -0.2) is 0 Å². The van der Waals surface area contributed by atoms with Crippen LogP contribution in [0.2, 0.25) is 5.02 Å². The van der Waals surface area contributed by atoms with Crippen LogP contribution in [0, 0.1) is 3.57 Å². The first-order chi connectivity index (χ1) is 8.56. The molecule has 0 spiro atoms. The molecule has 2 rings (SSSR count). The van der Waals surface area contributed by atoms with Crippen molar-refractivity contribution in [3.05, 3.63) is 59.5 Å². The lowest BCUT2D eigenvalue weighted by Gasteiger charge is -2.10. The Kier molecular flexibility index (Phi) is 5.35. The van der Waals surface area contributed by atoms with E-state index >= 15 is 0 Å². The number of benzene rings is 2. The van der Waals surface area contributed by atoms with Crippen LogP contribution < -0.4 is 5.32 Å². The Morgan fingerprint density at radius 1 is 1.11 bits per heavy atom. The maximum absolute atomic E-state index is 5.92. The highest BCUT2D eigenvalue weighted by Gasteiger charge is 2.03. The average Bonchev–Trinajstić information content (AvgIpc) is 2.32. The second-order valence-corrected chi connectivity index (χ2v) is 7.08. The topological polar surface area (TPSA) is 12.0 Å². The first-order valence-electron chi connectivity index (χ1n) is 5.19. The molecule has 0 saturated heterocycles. The minimum atomic E-state index is 0.739. The van der Waals surface area contributed by atoms with Crippen LogP contribution in [0.3, 0.4) is 0 Å². The van der Waals surface area contributed by atoms with E-state index in [1.807, 2.05) is 24.3 Å². The van der Waals surface area contributed by atoms with Crippen molar-refractivity contribution in [1.82, 2.24) is 0 Å². The molecule has 0 unspecified atom stereocenters. The molecule has 0 fully saturated rings. The number of nitrogens with one attached hydrogen (secondary N) is 1. The van der Waals surface area contributed by atoms with Gasteiger partial charge in [0.1, 0.15) is 0 Å². The summed E-state index contributed by atoms with van der Waals surface area (Å²) in [5.74, 6) is 0. The molecule has 1 nitrogen and oxygen atoms in total. The van der Waals surface area contributed by atoms with Crippen molar-refractivity contribution in [2.24, 2.45) is 0 Å². The Labute approximate surface area is 142 Å². The molecule has 1 N–H and O–H groups in total. The number of anilines is 1. The smallest absolute Gasteiger partial charge is 0.0489 e. The first kappa shape index (κ1) is 14.6. The maximum Gasteiger partial charge on any atom is 0.0489 e. The predicted molar refractivity (Wildman–Crippen MR) is 93.3 cm³/mol. The molecule has 0 atom stereocenters. The first-order valence-corrected chi connectivity index (χ1v) is 8.23. The normalized spacial score (nSPS) is 10.4. The Balaban J connectivity index is 2.13. The Bertz CT molecular complexity index is 575. The van der Waals surface area contributed by atoms with Gasteiger partial charge in [-0.25, -0.2) is 0 Å². The van der Waals surface area contributed by atoms with Crippen molar-refractivity contribution in [1.29, 1.82) is 0 Å². The zero-order chi connectivity index (χ0) is 13.1. The van der Waals surface area contributed by atoms with Crippen LogP contribution in [0.25, 0.3) is 0 Å². The van der Waals surface area contributed by atoms with E-state index in [2.05, 4.69) is 71.9 Å². The molecule has 0 aliphatic heterocycles. The van der Waals surface area contributed by atoms with Crippen LogP contribution in [0.15, 0.2) is 45.3 Å². The highest BCUT2D eigenvalue weighted by atomic mass is 127. The molecule has 2 aromatic carbocycles. The highest BCUT2D eigenvalue weighted by molar-refractivity contribution is 14.1. The third kappa shape index (κ3) is 3.85. The van der Waals surface area contributed by atoms with Crippen molar-refractivity contribution in [2.75, 3.05) is 5.32 Å². The van der Waals surface area contributed by atoms with Crippen LogP contribution in [0.5, 0.6) is 0 Å². The number of rotatable bonds is 3. The second kappa shape index (κ2) is 6.59. The molecule has 0 bridgehead atoms. The molecule has 18 heavy (non-hydrogen) atoms. The van der Waals surface area contributed by atoms with E-state index in [-0.39, 0.29) is 0 Å². The second-order valence-electron chi connectivity index (χ2n) is 3.71. The maximum atomic E-state index is 5.92. The zero-order valence-corrected chi connectivity index (χ0v) is 15.3. The fourth-order valence-electron chi connectivity index (χ4n) is 1.49. The fourth-order valence-corrected chi connectivity index (χ4v) is 3.20. The summed E-state index contributed by atoms with van der Waals surface area (Å²) in [5, 5.41) is 4.16. The van der Waals surface area contributed by atoms with E-state index in [1.54, 1.807) is 0 Å². The minimum absolute atomic E-state index is 0.739. The molecule has 0 aliphatic carbocycles. The van der Waals surface area contributed by atoms with Gasteiger partial charge in [-0.15, -0.1) is 0 Å². The summed E-state index contributed by atoms with van der Waals surface area (Å²) in [6.07, 6.45) is 0. The van der Waals surface area contributed by atoms with Gasteiger partial charge in [-0.2, -0.15) is 0 Å². The van der Waals surface area contributed by atoms with Gasteiger partial charge in [-0.3, -0.25) is 0 Å². The molecule has 0 amide bonds. The molecule has 0 radical (unpaired) electrons. The third-order valence-electron chi connectivity index (χ3n) is 2.41. The molecule has 2 aromatic rings. The Morgan fingerprint density at radius 2 is 1.89 bits per heavy atom. The average molecular weight is 501 g/mol. The summed E-state index contributed by atoms with van der Waals surface area (Å²) in [6.45, 7) is 0.754. The minimum Gasteiger partial charge on any atom is -0.380 e. The van der Waals surface area contributed by atoms with Crippen molar-refractivity contribution in [2.45, 2.75) is 6.54 Å². The quantitative estimate of drug-likeness (QED) is 0.503. The molecule has 0 aliphatic rings. The van der Waals surface area contributed by atoms with Crippen LogP contribution in [-0.2, 0) is 6.54 Å². The summed E-state index contributed by atoms with van der Waals surface area (Å²) < 4.78 is 3.29. The molecule has 0 heterocycles. The summed E-state index contributed by atoms with van der Waals surface area (Å²) >= 11 is 15.2. The molecular weight excluding hydrogens is 492 g/mol. The van der Waals surface area contributed by atoms with Gasteiger partial charge in [0.25, 0.3) is 0 Å². The monoisotopic (exact) mass is 499 g/mol. The van der Waals surface area contributed by atoms with E-state index in [0.29, 0.717) is 0 Å². The van der Waals surface area contributed by atoms with Gasteiger partial charge >= 0.3 is 0 Å². The summed E-state index contributed by atoms with van der Waals surface area (Å²) in [6, 6.07) is 12.0. The van der Waals surface area contributed by atoms with Gasteiger partial charge in [0.05, 0.1) is 0 Å². The van der Waals surface area contributed by atoms with Crippen molar-refractivity contribution >= 4 is 71.7 Å². The third-order valence-corrected chi connectivity index (χ3v) is 4.82. The van der Waals surface area contributed by atoms with E-state index < -0.39 is 0 Å².